The van der Waals surface area contributed by atoms with E-state index in [1.165, 1.54) is 9.08 Å². The van der Waals surface area contributed by atoms with Gasteiger partial charge in [-0.3, -0.25) is 9.20 Å². The molecule has 0 aliphatic heterocycles. The molecule has 0 aliphatic carbocycles. The van der Waals surface area contributed by atoms with Gasteiger partial charge in [-0.2, -0.15) is 0 Å². The van der Waals surface area contributed by atoms with E-state index in [9.17, 15) is 9.59 Å². The van der Waals surface area contributed by atoms with Crippen LogP contribution in [0.15, 0.2) is 29.2 Å². The Morgan fingerprint density at radius 2 is 2.26 bits per heavy atom. The van der Waals surface area contributed by atoms with Crippen LogP contribution in [0.4, 0.5) is 0 Å². The van der Waals surface area contributed by atoms with Crippen LogP contribution in [-0.4, -0.2) is 38.3 Å². The number of aromatic nitrogens is 3. The summed E-state index contributed by atoms with van der Waals surface area (Å²) in [5.74, 6) is -0.155. The van der Waals surface area contributed by atoms with Crippen LogP contribution in [0.1, 0.15) is 12.8 Å². The van der Waals surface area contributed by atoms with Crippen molar-refractivity contribution in [3.63, 3.8) is 0 Å². The molecule has 0 fully saturated rings. The molecule has 2 N–H and O–H groups in total. The lowest BCUT2D eigenvalue weighted by molar-refractivity contribution is -0.121. The monoisotopic (exact) mass is 264 g/mol. The van der Waals surface area contributed by atoms with Crippen molar-refractivity contribution in [2.45, 2.75) is 19.4 Å². The van der Waals surface area contributed by atoms with E-state index in [-0.39, 0.29) is 31.2 Å². The van der Waals surface area contributed by atoms with Gasteiger partial charge in [0.1, 0.15) is 0 Å². The standard InChI is InChI=1S/C12H16N4O3/c17-9-3-6-13-11(18)5-8-16-12(19)15-7-2-1-4-10(15)14-16/h1-2,4,7,17H,3,5-6,8-9H2,(H,13,18). The molecule has 0 aliphatic rings. The van der Waals surface area contributed by atoms with E-state index in [0.717, 1.165) is 0 Å². The number of nitrogens with one attached hydrogen (secondary N) is 1. The van der Waals surface area contributed by atoms with Gasteiger partial charge in [-0.25, -0.2) is 9.48 Å². The number of fused-ring (bicyclic) bond motifs is 1. The minimum absolute atomic E-state index is 0.0478. The number of aliphatic hydroxyl groups is 1. The fourth-order valence-corrected chi connectivity index (χ4v) is 1.72. The first-order chi connectivity index (χ1) is 9.22. The van der Waals surface area contributed by atoms with Crippen molar-refractivity contribution in [2.24, 2.45) is 0 Å². The van der Waals surface area contributed by atoms with E-state index in [1.54, 1.807) is 24.4 Å². The highest BCUT2D eigenvalue weighted by Gasteiger charge is 2.07. The first kappa shape index (κ1) is 13.3. The van der Waals surface area contributed by atoms with E-state index in [0.29, 0.717) is 18.6 Å². The molecule has 19 heavy (non-hydrogen) atoms. The zero-order valence-corrected chi connectivity index (χ0v) is 10.5. The van der Waals surface area contributed by atoms with Gasteiger partial charge < -0.3 is 10.4 Å². The number of amides is 1. The highest BCUT2D eigenvalue weighted by Crippen LogP contribution is 1.95. The third-order valence-electron chi connectivity index (χ3n) is 2.70. The summed E-state index contributed by atoms with van der Waals surface area (Å²) >= 11 is 0. The molecule has 0 aromatic carbocycles. The second-order valence-electron chi connectivity index (χ2n) is 4.11. The number of hydrogen-bond acceptors (Lipinski definition) is 4. The Morgan fingerprint density at radius 1 is 1.42 bits per heavy atom. The molecule has 102 valence electrons. The predicted molar refractivity (Wildman–Crippen MR) is 68.8 cm³/mol. The molecule has 2 aromatic rings. The smallest absolute Gasteiger partial charge is 0.350 e. The van der Waals surface area contributed by atoms with Gasteiger partial charge in [0.15, 0.2) is 5.65 Å². The molecule has 2 heterocycles. The summed E-state index contributed by atoms with van der Waals surface area (Å²) in [5.41, 5.74) is 0.312. The number of hydrogen-bond donors (Lipinski definition) is 2. The van der Waals surface area contributed by atoms with Crippen LogP contribution < -0.4 is 11.0 Å². The quantitative estimate of drug-likeness (QED) is 0.681. The fourth-order valence-electron chi connectivity index (χ4n) is 1.72. The molecule has 0 atom stereocenters. The maximum Gasteiger partial charge on any atom is 0.350 e. The van der Waals surface area contributed by atoms with Crippen molar-refractivity contribution in [3.8, 4) is 0 Å². The summed E-state index contributed by atoms with van der Waals surface area (Å²) in [6.45, 7) is 0.729. The summed E-state index contributed by atoms with van der Waals surface area (Å²) in [6.07, 6.45) is 2.36. The Labute approximate surface area is 109 Å². The molecule has 0 spiro atoms. The van der Waals surface area contributed by atoms with Crippen molar-refractivity contribution >= 4 is 11.6 Å². The average Bonchev–Trinajstić information content (AvgIpc) is 2.74. The fraction of sp³-hybridized carbons (Fsp3) is 0.417. The molecule has 0 unspecified atom stereocenters. The average molecular weight is 264 g/mol. The van der Waals surface area contributed by atoms with Gasteiger partial charge in [-0.15, -0.1) is 5.10 Å². The van der Waals surface area contributed by atoms with E-state index in [2.05, 4.69) is 10.4 Å². The third kappa shape index (κ3) is 3.19. The molecular formula is C12H16N4O3. The topological polar surface area (TPSA) is 88.6 Å². The third-order valence-corrected chi connectivity index (χ3v) is 2.70. The lowest BCUT2D eigenvalue weighted by atomic mass is 10.4. The Kier molecular flexibility index (Phi) is 4.30. The molecule has 0 radical (unpaired) electrons. The minimum atomic E-state index is -0.251. The molecule has 7 nitrogen and oxygen atoms in total. The normalized spacial score (nSPS) is 10.8. The first-order valence-corrected chi connectivity index (χ1v) is 6.14. The molecule has 2 rings (SSSR count). The number of rotatable bonds is 6. The maximum atomic E-state index is 11.9. The van der Waals surface area contributed by atoms with Crippen LogP contribution in [0.2, 0.25) is 0 Å². The number of nitrogens with zero attached hydrogens (tertiary/aromatic N) is 3. The summed E-state index contributed by atoms with van der Waals surface area (Å²) < 4.78 is 2.71. The van der Waals surface area contributed by atoms with Crippen LogP contribution in [-0.2, 0) is 11.3 Å². The summed E-state index contributed by atoms with van der Waals surface area (Å²) in [7, 11) is 0. The van der Waals surface area contributed by atoms with Crippen molar-refractivity contribution in [3.05, 3.63) is 34.9 Å². The number of carbonyl (C=O) groups excluding carboxylic acids is 1. The summed E-state index contributed by atoms with van der Waals surface area (Å²) in [6, 6.07) is 5.29. The molecule has 0 bridgehead atoms. The second-order valence-corrected chi connectivity index (χ2v) is 4.11. The van der Waals surface area contributed by atoms with Gasteiger partial charge in [0.05, 0.1) is 6.54 Å². The SMILES string of the molecule is O=C(CCn1nc2ccccn2c1=O)NCCCO. The minimum Gasteiger partial charge on any atom is -0.396 e. The van der Waals surface area contributed by atoms with E-state index >= 15 is 0 Å². The molecule has 2 aromatic heterocycles. The number of pyridine rings is 1. The van der Waals surface area contributed by atoms with Crippen molar-refractivity contribution in [2.75, 3.05) is 13.2 Å². The Balaban J connectivity index is 1.96. The Bertz CT molecular complexity index is 617. The lowest BCUT2D eigenvalue weighted by Gasteiger charge is -2.03. The molecule has 1 amide bonds. The van der Waals surface area contributed by atoms with Gasteiger partial charge in [-0.05, 0) is 18.6 Å². The lowest BCUT2D eigenvalue weighted by Crippen LogP contribution is -2.28. The van der Waals surface area contributed by atoms with Gasteiger partial charge in [0, 0.05) is 25.8 Å². The van der Waals surface area contributed by atoms with Gasteiger partial charge in [-0.1, -0.05) is 6.07 Å². The molecular weight excluding hydrogens is 248 g/mol. The number of carbonyl (C=O) groups is 1. The van der Waals surface area contributed by atoms with Gasteiger partial charge >= 0.3 is 5.69 Å². The van der Waals surface area contributed by atoms with Crippen LogP contribution >= 0.6 is 0 Å². The van der Waals surface area contributed by atoms with Crippen molar-refractivity contribution in [1.29, 1.82) is 0 Å². The molecule has 7 heteroatoms. The largest absolute Gasteiger partial charge is 0.396 e. The predicted octanol–water partition coefficient (Wildman–Crippen LogP) is -0.615. The highest BCUT2D eigenvalue weighted by atomic mass is 16.3. The van der Waals surface area contributed by atoms with E-state index in [1.807, 2.05) is 0 Å². The van der Waals surface area contributed by atoms with Crippen LogP contribution in [0, 0.1) is 0 Å². The summed E-state index contributed by atoms with van der Waals surface area (Å²) in [5, 5.41) is 15.4. The molecule has 0 saturated carbocycles. The zero-order valence-electron chi connectivity index (χ0n) is 10.5. The number of aryl methyl sites for hydroxylation is 1. The van der Waals surface area contributed by atoms with Crippen molar-refractivity contribution < 1.29 is 9.90 Å². The second kappa shape index (κ2) is 6.14. The van der Waals surface area contributed by atoms with Gasteiger partial charge in [0.25, 0.3) is 0 Å². The van der Waals surface area contributed by atoms with Crippen LogP contribution in [0.3, 0.4) is 0 Å². The van der Waals surface area contributed by atoms with Crippen molar-refractivity contribution in [1.82, 2.24) is 19.5 Å². The van der Waals surface area contributed by atoms with E-state index in [4.69, 9.17) is 5.11 Å². The Morgan fingerprint density at radius 3 is 3.00 bits per heavy atom. The highest BCUT2D eigenvalue weighted by molar-refractivity contribution is 5.75. The maximum absolute atomic E-state index is 11.9. The van der Waals surface area contributed by atoms with Crippen LogP contribution in [0.5, 0.6) is 0 Å². The Hall–Kier alpha value is -2.15. The van der Waals surface area contributed by atoms with Gasteiger partial charge in [0.2, 0.25) is 5.91 Å². The van der Waals surface area contributed by atoms with E-state index < -0.39 is 0 Å². The van der Waals surface area contributed by atoms with Crippen LogP contribution in [0.25, 0.3) is 5.65 Å². The first-order valence-electron chi connectivity index (χ1n) is 6.14. The molecule has 0 saturated heterocycles. The zero-order chi connectivity index (χ0) is 13.7. The summed E-state index contributed by atoms with van der Waals surface area (Å²) in [4.78, 5) is 23.4. The number of aliphatic hydroxyl groups excluding tert-OH is 1.